The first-order chi connectivity index (χ1) is 8.60. The van der Waals surface area contributed by atoms with Gasteiger partial charge >= 0.3 is 5.97 Å². The zero-order valence-electron chi connectivity index (χ0n) is 11.8. The molecule has 0 aliphatic rings. The summed E-state index contributed by atoms with van der Waals surface area (Å²) in [6, 6.07) is 9.87. The van der Waals surface area contributed by atoms with Crippen molar-refractivity contribution in [1.82, 2.24) is 0 Å². The molecule has 0 radical (unpaired) electrons. The topological polar surface area (TPSA) is 26.3 Å². The highest BCUT2D eigenvalue weighted by molar-refractivity contribution is 5.78. The number of benzene rings is 1. The van der Waals surface area contributed by atoms with E-state index in [9.17, 15) is 4.79 Å². The van der Waals surface area contributed by atoms with E-state index in [1.807, 2.05) is 37.3 Å². The number of hydrogen-bond donors (Lipinski definition) is 0. The van der Waals surface area contributed by atoms with Crippen molar-refractivity contribution in [3.05, 3.63) is 35.9 Å². The van der Waals surface area contributed by atoms with Crippen molar-refractivity contribution < 1.29 is 9.53 Å². The quantitative estimate of drug-likeness (QED) is 0.707. The Balaban J connectivity index is 2.74. The van der Waals surface area contributed by atoms with Gasteiger partial charge in [0.1, 0.15) is 6.10 Å². The van der Waals surface area contributed by atoms with Crippen molar-refractivity contribution in [1.29, 1.82) is 0 Å². The van der Waals surface area contributed by atoms with E-state index in [0.717, 1.165) is 18.4 Å². The van der Waals surface area contributed by atoms with Crippen molar-refractivity contribution in [2.45, 2.75) is 52.6 Å². The number of esters is 1. The van der Waals surface area contributed by atoms with Crippen LogP contribution in [0.3, 0.4) is 0 Å². The molecule has 2 atom stereocenters. The molecule has 1 rings (SSSR count). The minimum Gasteiger partial charge on any atom is -0.462 e. The van der Waals surface area contributed by atoms with Crippen LogP contribution in [-0.2, 0) is 9.53 Å². The van der Waals surface area contributed by atoms with Crippen LogP contribution in [0.4, 0.5) is 0 Å². The number of rotatable bonds is 6. The molecule has 0 spiro atoms. The van der Waals surface area contributed by atoms with Crippen LogP contribution < -0.4 is 0 Å². The van der Waals surface area contributed by atoms with Gasteiger partial charge in [-0.1, -0.05) is 58.0 Å². The third-order valence-corrected chi connectivity index (χ3v) is 3.31. The fourth-order valence-electron chi connectivity index (χ4n) is 2.15. The Kier molecular flexibility index (Phi) is 5.90. The average Bonchev–Trinajstić information content (AvgIpc) is 2.37. The number of carbonyl (C=O) groups excluding carboxylic acids is 1. The highest BCUT2D eigenvalue weighted by Gasteiger charge is 2.24. The van der Waals surface area contributed by atoms with Crippen LogP contribution >= 0.6 is 0 Å². The molecular weight excluding hydrogens is 224 g/mol. The maximum atomic E-state index is 12.2. The molecule has 2 heteroatoms. The van der Waals surface area contributed by atoms with Crippen LogP contribution in [0.5, 0.6) is 0 Å². The predicted molar refractivity (Wildman–Crippen MR) is 74.5 cm³/mol. The molecule has 0 aliphatic carbocycles. The Morgan fingerprint density at radius 2 is 1.72 bits per heavy atom. The lowest BCUT2D eigenvalue weighted by molar-refractivity contribution is -0.153. The molecule has 100 valence electrons. The summed E-state index contributed by atoms with van der Waals surface area (Å²) in [6.07, 6.45) is 1.67. The van der Waals surface area contributed by atoms with Gasteiger partial charge in [0, 0.05) is 0 Å². The maximum Gasteiger partial charge on any atom is 0.313 e. The normalized spacial score (nSPS) is 14.3. The lowest BCUT2D eigenvalue weighted by Crippen LogP contribution is -2.26. The molecule has 0 fully saturated rings. The van der Waals surface area contributed by atoms with E-state index >= 15 is 0 Å². The SMILES string of the molecule is CCC(C(=O)OC(CC)C(C)C)c1ccccc1. The van der Waals surface area contributed by atoms with E-state index in [-0.39, 0.29) is 18.0 Å². The molecular formula is C16H24O2. The van der Waals surface area contributed by atoms with Crippen LogP contribution in [0, 0.1) is 5.92 Å². The van der Waals surface area contributed by atoms with Gasteiger partial charge in [0.2, 0.25) is 0 Å². The second-order valence-corrected chi connectivity index (χ2v) is 5.00. The Hall–Kier alpha value is -1.31. The number of carbonyl (C=O) groups is 1. The van der Waals surface area contributed by atoms with Gasteiger partial charge in [0.15, 0.2) is 0 Å². The Morgan fingerprint density at radius 3 is 2.17 bits per heavy atom. The highest BCUT2D eigenvalue weighted by atomic mass is 16.5. The third kappa shape index (κ3) is 3.86. The van der Waals surface area contributed by atoms with E-state index < -0.39 is 0 Å². The van der Waals surface area contributed by atoms with E-state index in [0.29, 0.717) is 5.92 Å². The zero-order valence-corrected chi connectivity index (χ0v) is 11.8. The summed E-state index contributed by atoms with van der Waals surface area (Å²) in [5.41, 5.74) is 1.05. The zero-order chi connectivity index (χ0) is 13.5. The summed E-state index contributed by atoms with van der Waals surface area (Å²) in [5, 5.41) is 0. The van der Waals surface area contributed by atoms with Crippen LogP contribution in [0.2, 0.25) is 0 Å². The summed E-state index contributed by atoms with van der Waals surface area (Å²) < 4.78 is 5.63. The fraction of sp³-hybridized carbons (Fsp3) is 0.562. The second-order valence-electron chi connectivity index (χ2n) is 5.00. The van der Waals surface area contributed by atoms with Crippen molar-refractivity contribution in [3.8, 4) is 0 Å². The molecule has 1 aromatic carbocycles. The van der Waals surface area contributed by atoms with Gasteiger partial charge in [0.25, 0.3) is 0 Å². The summed E-state index contributed by atoms with van der Waals surface area (Å²) in [6.45, 7) is 8.26. The maximum absolute atomic E-state index is 12.2. The largest absolute Gasteiger partial charge is 0.462 e. The molecule has 0 heterocycles. The Labute approximate surface area is 110 Å². The summed E-state index contributed by atoms with van der Waals surface area (Å²) in [4.78, 5) is 12.2. The third-order valence-electron chi connectivity index (χ3n) is 3.31. The summed E-state index contributed by atoms with van der Waals surface area (Å²) >= 11 is 0. The van der Waals surface area contributed by atoms with E-state index in [4.69, 9.17) is 4.74 Å². The molecule has 2 nitrogen and oxygen atoms in total. The van der Waals surface area contributed by atoms with Gasteiger partial charge < -0.3 is 4.74 Å². The van der Waals surface area contributed by atoms with Crippen molar-refractivity contribution in [3.63, 3.8) is 0 Å². The average molecular weight is 248 g/mol. The molecule has 18 heavy (non-hydrogen) atoms. The van der Waals surface area contributed by atoms with Crippen molar-refractivity contribution >= 4 is 5.97 Å². The molecule has 0 amide bonds. The van der Waals surface area contributed by atoms with Gasteiger partial charge in [-0.05, 0) is 24.3 Å². The minimum absolute atomic E-state index is 0.0234. The van der Waals surface area contributed by atoms with Crippen LogP contribution in [0.15, 0.2) is 30.3 Å². The first-order valence-corrected chi connectivity index (χ1v) is 6.85. The lowest BCUT2D eigenvalue weighted by Gasteiger charge is -2.23. The first-order valence-electron chi connectivity index (χ1n) is 6.85. The monoisotopic (exact) mass is 248 g/mol. The number of hydrogen-bond acceptors (Lipinski definition) is 2. The van der Waals surface area contributed by atoms with Crippen molar-refractivity contribution in [2.75, 3.05) is 0 Å². The fourth-order valence-corrected chi connectivity index (χ4v) is 2.15. The number of ether oxygens (including phenoxy) is 1. The van der Waals surface area contributed by atoms with Gasteiger partial charge in [-0.25, -0.2) is 0 Å². The lowest BCUT2D eigenvalue weighted by atomic mass is 9.96. The van der Waals surface area contributed by atoms with Crippen molar-refractivity contribution in [2.24, 2.45) is 5.92 Å². The van der Waals surface area contributed by atoms with E-state index in [1.165, 1.54) is 0 Å². The first kappa shape index (κ1) is 14.7. The van der Waals surface area contributed by atoms with E-state index in [2.05, 4.69) is 20.8 Å². The van der Waals surface area contributed by atoms with Gasteiger partial charge in [-0.15, -0.1) is 0 Å². The molecule has 0 aromatic heterocycles. The summed E-state index contributed by atoms with van der Waals surface area (Å²) in [5.74, 6) is 0.135. The smallest absolute Gasteiger partial charge is 0.313 e. The molecule has 0 N–H and O–H groups in total. The van der Waals surface area contributed by atoms with Gasteiger partial charge in [-0.2, -0.15) is 0 Å². The van der Waals surface area contributed by atoms with Crippen LogP contribution in [0.1, 0.15) is 52.0 Å². The standard InChI is InChI=1S/C16H24O2/c1-5-14(13-10-8-7-9-11-13)16(17)18-15(6-2)12(3)4/h7-12,14-15H,5-6H2,1-4H3. The molecule has 0 aliphatic heterocycles. The molecule has 0 bridgehead atoms. The Morgan fingerprint density at radius 1 is 1.11 bits per heavy atom. The summed E-state index contributed by atoms with van der Waals surface area (Å²) in [7, 11) is 0. The molecule has 0 saturated heterocycles. The highest BCUT2D eigenvalue weighted by Crippen LogP contribution is 2.23. The van der Waals surface area contributed by atoms with Gasteiger partial charge in [-0.3, -0.25) is 4.79 Å². The van der Waals surface area contributed by atoms with Gasteiger partial charge in [0.05, 0.1) is 5.92 Å². The van der Waals surface area contributed by atoms with Crippen LogP contribution in [0.25, 0.3) is 0 Å². The van der Waals surface area contributed by atoms with Crippen LogP contribution in [-0.4, -0.2) is 12.1 Å². The molecule has 0 saturated carbocycles. The van der Waals surface area contributed by atoms with E-state index in [1.54, 1.807) is 0 Å². The Bertz CT molecular complexity index is 357. The second kappa shape index (κ2) is 7.20. The minimum atomic E-state index is -0.140. The molecule has 2 unspecified atom stereocenters. The molecule has 1 aromatic rings. The predicted octanol–water partition coefficient (Wildman–Crippen LogP) is 4.16.